The van der Waals surface area contributed by atoms with E-state index in [1.165, 1.54) is 7.11 Å². The summed E-state index contributed by atoms with van der Waals surface area (Å²) < 4.78 is 16.1. The summed E-state index contributed by atoms with van der Waals surface area (Å²) in [5, 5.41) is 15.8. The van der Waals surface area contributed by atoms with Crippen molar-refractivity contribution in [2.45, 2.75) is 19.4 Å². The van der Waals surface area contributed by atoms with E-state index in [1.54, 1.807) is 25.3 Å². The van der Waals surface area contributed by atoms with E-state index in [-0.39, 0.29) is 12.6 Å². The topological polar surface area (TPSA) is 89.0 Å². The molecule has 0 aliphatic rings. The zero-order chi connectivity index (χ0) is 20.4. The summed E-state index contributed by atoms with van der Waals surface area (Å²) in [6.07, 6.45) is -0.242. The van der Waals surface area contributed by atoms with Crippen LogP contribution in [-0.2, 0) is 0 Å². The smallest absolute Gasteiger partial charge is 0.314 e. The normalized spacial score (nSPS) is 11.4. The van der Waals surface area contributed by atoms with Crippen molar-refractivity contribution >= 4 is 6.03 Å². The van der Waals surface area contributed by atoms with E-state index in [2.05, 4.69) is 10.6 Å². The summed E-state index contributed by atoms with van der Waals surface area (Å²) in [4.78, 5) is 11.9. The number of rotatable bonds is 10. The van der Waals surface area contributed by atoms with Gasteiger partial charge in [0.05, 0.1) is 20.8 Å². The average Bonchev–Trinajstić information content (AvgIpc) is 2.71. The Labute approximate surface area is 165 Å². The number of aliphatic hydroxyl groups excluding tert-OH is 1. The van der Waals surface area contributed by atoms with Crippen LogP contribution in [0.25, 0.3) is 0 Å². The number of carbonyl (C=O) groups excluding carboxylic acids is 1. The average molecular weight is 388 g/mol. The minimum Gasteiger partial charge on any atom is -0.497 e. The van der Waals surface area contributed by atoms with E-state index in [4.69, 9.17) is 14.2 Å². The summed E-state index contributed by atoms with van der Waals surface area (Å²) >= 11 is 0. The zero-order valence-corrected chi connectivity index (χ0v) is 16.5. The Kier molecular flexibility index (Phi) is 8.42. The van der Waals surface area contributed by atoms with E-state index in [0.29, 0.717) is 36.6 Å². The first kappa shape index (κ1) is 21.4. The van der Waals surface area contributed by atoms with Gasteiger partial charge in [-0.25, -0.2) is 4.79 Å². The molecule has 28 heavy (non-hydrogen) atoms. The molecule has 2 amide bonds. The minimum atomic E-state index is -0.916. The fourth-order valence-corrected chi connectivity index (χ4v) is 2.63. The first-order chi connectivity index (χ1) is 13.5. The van der Waals surface area contributed by atoms with Gasteiger partial charge in [-0.1, -0.05) is 12.1 Å². The Balaban J connectivity index is 1.69. The van der Waals surface area contributed by atoms with Gasteiger partial charge in [-0.2, -0.15) is 0 Å². The van der Waals surface area contributed by atoms with Gasteiger partial charge in [-0.15, -0.1) is 0 Å². The molecule has 0 spiro atoms. The monoisotopic (exact) mass is 388 g/mol. The van der Waals surface area contributed by atoms with Crippen LogP contribution >= 0.6 is 0 Å². The third-order valence-electron chi connectivity index (χ3n) is 4.12. The molecule has 0 aromatic heterocycles. The van der Waals surface area contributed by atoms with E-state index >= 15 is 0 Å². The quantitative estimate of drug-likeness (QED) is 0.545. The molecule has 0 saturated carbocycles. The largest absolute Gasteiger partial charge is 0.497 e. The Bertz CT molecular complexity index is 766. The number of nitrogens with one attached hydrogen (secondary N) is 2. The maximum absolute atomic E-state index is 11.9. The predicted molar refractivity (Wildman–Crippen MR) is 107 cm³/mol. The highest BCUT2D eigenvalue weighted by molar-refractivity contribution is 5.73. The molecule has 0 aliphatic carbocycles. The van der Waals surface area contributed by atoms with Crippen molar-refractivity contribution < 1.29 is 24.1 Å². The number of amides is 2. The second-order valence-electron chi connectivity index (χ2n) is 6.28. The van der Waals surface area contributed by atoms with Gasteiger partial charge in [0.15, 0.2) is 0 Å². The number of hydrogen-bond acceptors (Lipinski definition) is 5. The van der Waals surface area contributed by atoms with Crippen LogP contribution in [0.2, 0.25) is 0 Å². The van der Waals surface area contributed by atoms with Crippen LogP contribution in [0.15, 0.2) is 42.5 Å². The van der Waals surface area contributed by atoms with Crippen molar-refractivity contribution in [2.24, 2.45) is 0 Å². The van der Waals surface area contributed by atoms with Crippen molar-refractivity contribution in [3.8, 4) is 17.2 Å². The number of methoxy groups -OCH3 is 2. The highest BCUT2D eigenvalue weighted by Gasteiger charge is 2.15. The maximum Gasteiger partial charge on any atom is 0.314 e. The Morgan fingerprint density at radius 2 is 1.89 bits per heavy atom. The van der Waals surface area contributed by atoms with Crippen LogP contribution in [0.4, 0.5) is 4.79 Å². The van der Waals surface area contributed by atoms with E-state index in [1.807, 2.05) is 31.2 Å². The fraction of sp³-hybridized carbons (Fsp3) is 0.381. The molecule has 0 bridgehead atoms. The highest BCUT2D eigenvalue weighted by Crippen LogP contribution is 2.29. The van der Waals surface area contributed by atoms with Gasteiger partial charge in [0.1, 0.15) is 23.4 Å². The number of aliphatic hydroxyl groups is 1. The lowest BCUT2D eigenvalue weighted by atomic mass is 10.1. The van der Waals surface area contributed by atoms with Crippen molar-refractivity contribution in [2.75, 3.05) is 33.9 Å². The van der Waals surface area contributed by atoms with Crippen molar-refractivity contribution in [1.82, 2.24) is 10.6 Å². The molecule has 2 aromatic rings. The molecule has 7 heteroatoms. The second-order valence-corrected chi connectivity index (χ2v) is 6.28. The number of benzene rings is 2. The molecule has 0 aliphatic heterocycles. The lowest BCUT2D eigenvalue weighted by Crippen LogP contribution is -2.38. The molecule has 2 rings (SSSR count). The zero-order valence-electron chi connectivity index (χ0n) is 16.5. The van der Waals surface area contributed by atoms with Crippen LogP contribution in [-0.4, -0.2) is 45.1 Å². The van der Waals surface area contributed by atoms with Gasteiger partial charge in [0, 0.05) is 18.7 Å². The molecule has 2 aromatic carbocycles. The predicted octanol–water partition coefficient (Wildman–Crippen LogP) is 2.81. The van der Waals surface area contributed by atoms with Crippen molar-refractivity contribution in [3.63, 3.8) is 0 Å². The van der Waals surface area contributed by atoms with Crippen LogP contribution in [0.1, 0.15) is 23.7 Å². The first-order valence-electron chi connectivity index (χ1n) is 9.14. The molecule has 0 radical (unpaired) electrons. The van der Waals surface area contributed by atoms with Gasteiger partial charge in [0.2, 0.25) is 0 Å². The number of aryl methyl sites for hydroxylation is 1. The number of urea groups is 1. The molecule has 1 atom stereocenters. The standard InChI is InChI=1S/C21H28N2O5/c1-15-6-4-7-17(12-15)28-11-5-10-22-21(25)23-14-19(24)18-13-16(26-2)8-9-20(18)27-3/h4,6-9,12-13,19,24H,5,10-11,14H2,1-3H3,(H2,22,23,25). The molecule has 1 unspecified atom stereocenters. The Morgan fingerprint density at radius 3 is 2.61 bits per heavy atom. The fourth-order valence-electron chi connectivity index (χ4n) is 2.63. The summed E-state index contributed by atoms with van der Waals surface area (Å²) in [6, 6.07) is 12.6. The van der Waals surface area contributed by atoms with Gasteiger partial charge in [-0.05, 0) is 49.2 Å². The van der Waals surface area contributed by atoms with E-state index < -0.39 is 6.10 Å². The summed E-state index contributed by atoms with van der Waals surface area (Å²) in [7, 11) is 3.07. The Morgan fingerprint density at radius 1 is 1.07 bits per heavy atom. The summed E-state index contributed by atoms with van der Waals surface area (Å²) in [5.74, 6) is 1.96. The lowest BCUT2D eigenvalue weighted by Gasteiger charge is -2.17. The number of ether oxygens (including phenoxy) is 3. The van der Waals surface area contributed by atoms with Crippen LogP contribution in [0.3, 0.4) is 0 Å². The van der Waals surface area contributed by atoms with Crippen molar-refractivity contribution in [1.29, 1.82) is 0 Å². The summed E-state index contributed by atoms with van der Waals surface area (Å²) in [6.45, 7) is 3.03. The summed E-state index contributed by atoms with van der Waals surface area (Å²) in [5.41, 5.74) is 1.69. The third kappa shape index (κ3) is 6.66. The second kappa shape index (κ2) is 11.0. The molecule has 3 N–H and O–H groups in total. The number of hydrogen-bond donors (Lipinski definition) is 3. The molecule has 152 valence electrons. The molecule has 0 saturated heterocycles. The molecule has 0 heterocycles. The highest BCUT2D eigenvalue weighted by atomic mass is 16.5. The SMILES string of the molecule is COc1ccc(OC)c(C(O)CNC(=O)NCCCOc2cccc(C)c2)c1. The van der Waals surface area contributed by atoms with Crippen LogP contribution in [0.5, 0.6) is 17.2 Å². The molecule has 0 fully saturated rings. The third-order valence-corrected chi connectivity index (χ3v) is 4.12. The van der Waals surface area contributed by atoms with Crippen molar-refractivity contribution in [3.05, 3.63) is 53.6 Å². The molecular weight excluding hydrogens is 360 g/mol. The lowest BCUT2D eigenvalue weighted by molar-refractivity contribution is 0.169. The van der Waals surface area contributed by atoms with Gasteiger partial charge >= 0.3 is 6.03 Å². The first-order valence-corrected chi connectivity index (χ1v) is 9.14. The Hall–Kier alpha value is -2.93. The maximum atomic E-state index is 11.9. The van der Waals surface area contributed by atoms with E-state index in [0.717, 1.165) is 11.3 Å². The van der Waals surface area contributed by atoms with Gasteiger partial charge < -0.3 is 30.0 Å². The number of carbonyl (C=O) groups is 1. The van der Waals surface area contributed by atoms with Crippen LogP contribution in [0, 0.1) is 6.92 Å². The van der Waals surface area contributed by atoms with Gasteiger partial charge in [-0.3, -0.25) is 0 Å². The molecule has 7 nitrogen and oxygen atoms in total. The van der Waals surface area contributed by atoms with Crippen LogP contribution < -0.4 is 24.8 Å². The minimum absolute atomic E-state index is 0.0507. The molecular formula is C21H28N2O5. The van der Waals surface area contributed by atoms with Gasteiger partial charge in [0.25, 0.3) is 0 Å². The van der Waals surface area contributed by atoms with E-state index in [9.17, 15) is 9.90 Å².